The van der Waals surface area contributed by atoms with E-state index in [-0.39, 0.29) is 5.75 Å². The summed E-state index contributed by atoms with van der Waals surface area (Å²) in [6.07, 6.45) is 1.39. The molecular formula is C12H10N2O4S. The number of rotatable bonds is 4. The number of hydrogen-bond acceptors (Lipinski definition) is 5. The van der Waals surface area contributed by atoms with Gasteiger partial charge in [0.2, 0.25) is 0 Å². The Balaban J connectivity index is 2.33. The molecule has 0 saturated heterocycles. The highest BCUT2D eigenvalue weighted by Gasteiger charge is 2.21. The second kappa shape index (κ2) is 5.49. The predicted octanol–water partition coefficient (Wildman–Crippen LogP) is 1.58. The number of aromatic hydroxyl groups is 1. The molecule has 2 aromatic rings. The second-order valence-corrected chi connectivity index (χ2v) is 4.55. The minimum absolute atomic E-state index is 0.0456. The fourth-order valence-corrected chi connectivity index (χ4v) is 2.07. The maximum absolute atomic E-state index is 12.2. The number of thiazole rings is 1. The lowest BCUT2D eigenvalue weighted by molar-refractivity contribution is -0.135. The van der Waals surface area contributed by atoms with Crippen LogP contribution in [0.25, 0.3) is 0 Å². The van der Waals surface area contributed by atoms with Crippen molar-refractivity contribution in [2.75, 3.05) is 11.4 Å². The number of benzene rings is 1. The molecular weight excluding hydrogens is 268 g/mol. The number of hydrogen-bond donors (Lipinski definition) is 2. The molecule has 0 aliphatic carbocycles. The van der Waals surface area contributed by atoms with Gasteiger partial charge in [-0.1, -0.05) is 0 Å². The van der Waals surface area contributed by atoms with E-state index in [1.165, 1.54) is 36.0 Å². The zero-order valence-electron chi connectivity index (χ0n) is 9.68. The molecule has 1 heterocycles. The van der Waals surface area contributed by atoms with Crippen LogP contribution in [-0.4, -0.2) is 33.6 Å². The van der Waals surface area contributed by atoms with E-state index in [4.69, 9.17) is 5.11 Å². The van der Waals surface area contributed by atoms with Crippen LogP contribution in [0.4, 0.5) is 5.69 Å². The van der Waals surface area contributed by atoms with Crippen molar-refractivity contribution >= 4 is 28.9 Å². The Bertz CT molecular complexity index is 580. The van der Waals surface area contributed by atoms with Crippen LogP contribution in [0.3, 0.4) is 0 Å². The SMILES string of the molecule is O=C(O)CN(C(=O)c1cncs1)c1ccc(O)cc1. The molecule has 98 valence electrons. The van der Waals surface area contributed by atoms with Crippen LogP contribution in [0.1, 0.15) is 9.67 Å². The van der Waals surface area contributed by atoms with Crippen LogP contribution in [0.15, 0.2) is 36.0 Å². The fraction of sp³-hybridized carbons (Fsp3) is 0.0833. The van der Waals surface area contributed by atoms with E-state index in [9.17, 15) is 14.7 Å². The molecule has 0 aliphatic heterocycles. The summed E-state index contributed by atoms with van der Waals surface area (Å²) in [6, 6.07) is 5.75. The third kappa shape index (κ3) is 3.08. The van der Waals surface area contributed by atoms with Crippen molar-refractivity contribution in [3.05, 3.63) is 40.8 Å². The molecule has 1 aromatic heterocycles. The van der Waals surface area contributed by atoms with E-state index in [0.29, 0.717) is 10.6 Å². The molecule has 2 N–H and O–H groups in total. The molecule has 0 bridgehead atoms. The summed E-state index contributed by atoms with van der Waals surface area (Å²) in [6.45, 7) is -0.457. The van der Waals surface area contributed by atoms with Gasteiger partial charge in [0.1, 0.15) is 17.2 Å². The number of carboxylic acids is 1. The molecule has 1 aromatic carbocycles. The molecule has 0 spiro atoms. The largest absolute Gasteiger partial charge is 0.508 e. The number of phenols is 1. The van der Waals surface area contributed by atoms with E-state index in [2.05, 4.69) is 4.98 Å². The second-order valence-electron chi connectivity index (χ2n) is 3.67. The van der Waals surface area contributed by atoms with Crippen LogP contribution in [-0.2, 0) is 4.79 Å². The fourth-order valence-electron chi connectivity index (χ4n) is 1.50. The quantitative estimate of drug-likeness (QED) is 0.886. The zero-order chi connectivity index (χ0) is 13.8. The summed E-state index contributed by atoms with van der Waals surface area (Å²) >= 11 is 1.14. The van der Waals surface area contributed by atoms with Crippen molar-refractivity contribution in [1.82, 2.24) is 4.98 Å². The van der Waals surface area contributed by atoms with E-state index >= 15 is 0 Å². The minimum Gasteiger partial charge on any atom is -0.508 e. The van der Waals surface area contributed by atoms with Crippen molar-refractivity contribution in [2.24, 2.45) is 0 Å². The summed E-state index contributed by atoms with van der Waals surface area (Å²) in [4.78, 5) is 28.3. The van der Waals surface area contributed by atoms with Crippen molar-refractivity contribution in [3.63, 3.8) is 0 Å². The van der Waals surface area contributed by atoms with Crippen molar-refractivity contribution < 1.29 is 19.8 Å². The summed E-state index contributed by atoms with van der Waals surface area (Å²) in [7, 11) is 0. The Kier molecular flexibility index (Phi) is 3.76. The Morgan fingerprint density at radius 1 is 1.26 bits per heavy atom. The third-order valence-electron chi connectivity index (χ3n) is 2.34. The minimum atomic E-state index is -1.12. The van der Waals surface area contributed by atoms with Gasteiger partial charge < -0.3 is 10.2 Å². The first-order chi connectivity index (χ1) is 9.08. The third-order valence-corrected chi connectivity index (χ3v) is 3.10. The highest BCUT2D eigenvalue weighted by Crippen LogP contribution is 2.21. The van der Waals surface area contributed by atoms with E-state index in [0.717, 1.165) is 16.2 Å². The zero-order valence-corrected chi connectivity index (χ0v) is 10.5. The summed E-state index contributed by atoms with van der Waals surface area (Å²) in [5, 5.41) is 18.1. The van der Waals surface area contributed by atoms with Crippen molar-refractivity contribution in [3.8, 4) is 5.75 Å². The summed E-state index contributed by atoms with van der Waals surface area (Å²) in [5.74, 6) is -1.51. The van der Waals surface area contributed by atoms with Crippen molar-refractivity contribution in [1.29, 1.82) is 0 Å². The standard InChI is InChI=1S/C12H10N2O4S/c15-9-3-1-8(2-4-9)14(6-11(16)17)12(18)10-5-13-7-19-10/h1-5,7,15H,6H2,(H,16,17). The molecule has 0 saturated carbocycles. The number of nitrogens with zero attached hydrogens (tertiary/aromatic N) is 2. The molecule has 2 rings (SSSR count). The molecule has 0 atom stereocenters. The summed E-state index contributed by atoms with van der Waals surface area (Å²) in [5.41, 5.74) is 1.90. The lowest BCUT2D eigenvalue weighted by atomic mass is 10.2. The molecule has 6 nitrogen and oxygen atoms in total. The van der Waals surface area contributed by atoms with Gasteiger partial charge in [-0.25, -0.2) is 0 Å². The van der Waals surface area contributed by atoms with Crippen LogP contribution in [0.5, 0.6) is 5.75 Å². The topological polar surface area (TPSA) is 90.7 Å². The number of amides is 1. The normalized spacial score (nSPS) is 10.1. The molecule has 0 unspecified atom stereocenters. The van der Waals surface area contributed by atoms with Gasteiger partial charge in [0.15, 0.2) is 0 Å². The number of carbonyl (C=O) groups excluding carboxylic acids is 1. The Morgan fingerprint density at radius 3 is 2.47 bits per heavy atom. The molecule has 0 radical (unpaired) electrons. The smallest absolute Gasteiger partial charge is 0.323 e. The highest BCUT2D eigenvalue weighted by molar-refractivity contribution is 7.11. The molecule has 7 heteroatoms. The van der Waals surface area contributed by atoms with E-state index < -0.39 is 18.4 Å². The van der Waals surface area contributed by atoms with Crippen LogP contribution >= 0.6 is 11.3 Å². The Hall–Kier alpha value is -2.41. The van der Waals surface area contributed by atoms with Gasteiger partial charge in [0.05, 0.1) is 11.7 Å². The first-order valence-corrected chi connectivity index (χ1v) is 6.17. The van der Waals surface area contributed by atoms with Gasteiger partial charge in [-0.15, -0.1) is 11.3 Å². The highest BCUT2D eigenvalue weighted by atomic mass is 32.1. The van der Waals surface area contributed by atoms with Crippen LogP contribution < -0.4 is 4.90 Å². The molecule has 0 aliphatic rings. The van der Waals surface area contributed by atoms with Crippen LogP contribution in [0, 0.1) is 0 Å². The first-order valence-electron chi connectivity index (χ1n) is 5.29. The van der Waals surface area contributed by atoms with Gasteiger partial charge in [-0.05, 0) is 24.3 Å². The number of aliphatic carboxylic acids is 1. The van der Waals surface area contributed by atoms with Gasteiger partial charge in [-0.3, -0.25) is 19.5 Å². The molecule has 19 heavy (non-hydrogen) atoms. The predicted molar refractivity (Wildman–Crippen MR) is 69.5 cm³/mol. The average Bonchev–Trinajstić information content (AvgIpc) is 2.90. The number of carbonyl (C=O) groups is 2. The number of aromatic nitrogens is 1. The number of anilines is 1. The Morgan fingerprint density at radius 2 is 1.95 bits per heavy atom. The number of carboxylic acid groups (broad SMARTS) is 1. The lowest BCUT2D eigenvalue weighted by Gasteiger charge is -2.19. The average molecular weight is 278 g/mol. The summed E-state index contributed by atoms with van der Waals surface area (Å²) < 4.78 is 0. The van der Waals surface area contributed by atoms with Gasteiger partial charge in [0.25, 0.3) is 5.91 Å². The lowest BCUT2D eigenvalue weighted by Crippen LogP contribution is -2.35. The van der Waals surface area contributed by atoms with Crippen LogP contribution in [0.2, 0.25) is 0 Å². The Labute approximate surface area is 112 Å². The first kappa shape index (κ1) is 13.0. The molecule has 0 fully saturated rings. The number of phenolic OH excluding ortho intramolecular Hbond substituents is 1. The maximum atomic E-state index is 12.2. The van der Waals surface area contributed by atoms with E-state index in [1.54, 1.807) is 0 Å². The van der Waals surface area contributed by atoms with Crippen molar-refractivity contribution in [2.45, 2.75) is 0 Å². The van der Waals surface area contributed by atoms with E-state index in [1.807, 2.05) is 0 Å². The van der Waals surface area contributed by atoms with Gasteiger partial charge >= 0.3 is 5.97 Å². The monoisotopic (exact) mass is 278 g/mol. The van der Waals surface area contributed by atoms with Gasteiger partial charge in [-0.2, -0.15) is 0 Å². The van der Waals surface area contributed by atoms with Gasteiger partial charge in [0, 0.05) is 5.69 Å². The maximum Gasteiger partial charge on any atom is 0.323 e. The molecule has 1 amide bonds.